The first-order valence-electron chi connectivity index (χ1n) is 31.7. The minimum atomic E-state index is -1.85. The lowest BCUT2D eigenvalue weighted by atomic mass is 9.78. The van der Waals surface area contributed by atoms with Gasteiger partial charge in [0.05, 0.1) is 26.4 Å². The molecule has 8 atom stereocenters. The minimum Gasteiger partial charge on any atom is -0.497 e. The number of carboxylic acids is 1. The molecule has 0 unspecified atom stereocenters. The number of methoxy groups -OCH3 is 2. The predicted octanol–water partition coefficient (Wildman–Crippen LogP) is -2.39. The number of likely N-dealkylation sites (tertiary alicyclic amines) is 1. The number of likely N-dealkylation sites (N-methyl/N-ethyl adjacent to an activating group) is 1. The van der Waals surface area contributed by atoms with Crippen LogP contribution in [0.25, 0.3) is 21.8 Å². The fraction of sp³-hybridized carbons (Fsp3) is 0.446. The van der Waals surface area contributed by atoms with Crippen LogP contribution in [-0.2, 0) is 70.8 Å². The number of hydrogen-bond donors (Lipinski definition) is 15. The van der Waals surface area contributed by atoms with Crippen molar-refractivity contribution in [1.29, 1.82) is 0 Å². The summed E-state index contributed by atoms with van der Waals surface area (Å²) in [7, 11) is 2.12. The van der Waals surface area contributed by atoms with Crippen molar-refractivity contribution in [3.8, 4) is 11.5 Å². The van der Waals surface area contributed by atoms with E-state index < -0.39 is 110 Å². The van der Waals surface area contributed by atoms with Gasteiger partial charge in [0.2, 0.25) is 41.4 Å². The van der Waals surface area contributed by atoms with E-state index in [1.165, 1.54) is 49.9 Å². The van der Waals surface area contributed by atoms with Crippen molar-refractivity contribution >= 4 is 94.3 Å². The maximum absolute atomic E-state index is 15.3. The molecule has 0 bridgehead atoms. The molecule has 2 fully saturated rings. The number of β-amino-alcohol motifs (C(OH)–C–C–N with tert-alkyl or cyclic N) is 1. The van der Waals surface area contributed by atoms with Crippen molar-refractivity contribution in [1.82, 2.24) is 61.9 Å². The summed E-state index contributed by atoms with van der Waals surface area (Å²) in [6.07, 6.45) is 2.76. The first-order chi connectivity index (χ1) is 45.4. The maximum atomic E-state index is 15.3. The van der Waals surface area contributed by atoms with E-state index in [-0.39, 0.29) is 99.7 Å². The molecule has 2 aromatic heterocycles. The van der Waals surface area contributed by atoms with Gasteiger partial charge in [0.1, 0.15) is 54.3 Å². The summed E-state index contributed by atoms with van der Waals surface area (Å²) in [4.78, 5) is 120. The number of para-hydroxylation sites is 2. The van der Waals surface area contributed by atoms with Crippen LogP contribution in [-0.4, -0.2) is 214 Å². The normalized spacial score (nSPS) is 16.9. The second-order valence-corrected chi connectivity index (χ2v) is 24.7. The first kappa shape index (κ1) is 72.0. The quantitative estimate of drug-likeness (QED) is 0.0151. The number of nitrogens with zero attached hydrogens (tertiary/aromatic N) is 3. The second-order valence-electron chi connectivity index (χ2n) is 24.7. The van der Waals surface area contributed by atoms with Gasteiger partial charge in [0, 0.05) is 105 Å². The number of aliphatic carboxylic acids is 1. The Labute approximate surface area is 550 Å². The predicted molar refractivity (Wildman–Crippen MR) is 354 cm³/mol. The number of hydrogen-bond acceptors (Lipinski definition) is 18. The topological polar surface area (TPSA) is 400 Å². The Kier molecular flexibility index (Phi) is 25.4. The van der Waals surface area contributed by atoms with E-state index >= 15 is 14.4 Å². The molecule has 0 spiro atoms. The van der Waals surface area contributed by atoms with Crippen LogP contribution in [0.4, 0.5) is 0 Å². The van der Waals surface area contributed by atoms with Gasteiger partial charge in [-0.3, -0.25) is 38.4 Å². The van der Waals surface area contributed by atoms with E-state index in [1.807, 2.05) is 32.0 Å². The molecule has 7 amide bonds. The van der Waals surface area contributed by atoms with Gasteiger partial charge in [0.25, 0.3) is 0 Å². The first-order valence-corrected chi connectivity index (χ1v) is 31.7. The highest BCUT2D eigenvalue weighted by molar-refractivity contribution is 6.60. The molecular weight excluding hydrogens is 1230 g/mol. The molecule has 28 nitrogen and oxygen atoms in total. The Hall–Kier alpha value is -8.87. The smallest absolute Gasteiger partial charge is 0.492 e. The SMILES string of the molecule is COc1ccc(CNCC[C@H](NC(=O)[C@H](Cc2c[nH]c3ccccc23)NC(=O)[C@@H]2C[C@@H](O)CN2C(=O)[C@H](CC(C)C)NC(=O)[C@H](CNCc2ccc(OC)c(B(O)O)c2)NC(=O)[C@@H]2CCCN2)C(=O)N[C@@H](Cc2cn(CC(=O)O)c3ccccc23)C(=O)N(C)C)cc1B(O)O. The Morgan fingerprint density at radius 2 is 1.28 bits per heavy atom. The number of ether oxygens (including phenoxy) is 2. The molecule has 95 heavy (non-hydrogen) atoms. The van der Waals surface area contributed by atoms with Gasteiger partial charge in [-0.2, -0.15) is 0 Å². The summed E-state index contributed by atoms with van der Waals surface area (Å²) in [5.74, 6) is -5.71. The van der Waals surface area contributed by atoms with E-state index in [1.54, 1.807) is 67.0 Å². The van der Waals surface area contributed by atoms with Crippen LogP contribution in [0.5, 0.6) is 11.5 Å². The van der Waals surface area contributed by atoms with Gasteiger partial charge in [0.15, 0.2) is 0 Å². The number of fused-ring (bicyclic) bond motifs is 2. The third-order valence-electron chi connectivity index (χ3n) is 17.0. The number of aromatic amines is 1. The van der Waals surface area contributed by atoms with Crippen molar-refractivity contribution in [3.05, 3.63) is 120 Å². The fourth-order valence-corrected chi connectivity index (χ4v) is 12.2. The fourth-order valence-electron chi connectivity index (χ4n) is 12.2. The lowest BCUT2D eigenvalue weighted by Crippen LogP contribution is -2.61. The monoisotopic (exact) mass is 1310 g/mol. The molecule has 6 aromatic rings. The summed E-state index contributed by atoms with van der Waals surface area (Å²) < 4.78 is 12.1. The molecule has 30 heteroatoms. The van der Waals surface area contributed by atoms with E-state index in [0.29, 0.717) is 57.0 Å². The summed E-state index contributed by atoms with van der Waals surface area (Å²) in [5, 5.41) is 86.2. The van der Waals surface area contributed by atoms with Gasteiger partial charge in [-0.25, -0.2) is 0 Å². The van der Waals surface area contributed by atoms with Crippen LogP contribution in [0.2, 0.25) is 0 Å². The number of benzene rings is 4. The summed E-state index contributed by atoms with van der Waals surface area (Å²) >= 11 is 0. The average molecular weight is 1310 g/mol. The van der Waals surface area contributed by atoms with E-state index in [4.69, 9.17) is 9.47 Å². The number of carbonyl (C=O) groups excluding carboxylic acids is 7. The number of nitrogens with one attached hydrogen (secondary N) is 9. The molecular formula is C65H86B2N12O16. The van der Waals surface area contributed by atoms with Crippen molar-refractivity contribution in [2.75, 3.05) is 54.5 Å². The molecule has 15 N–H and O–H groups in total. The van der Waals surface area contributed by atoms with E-state index in [0.717, 1.165) is 11.3 Å². The number of H-pyrrole nitrogens is 1. The Morgan fingerprint density at radius 3 is 1.91 bits per heavy atom. The molecule has 2 aliphatic rings. The number of carboxylic acid groups (broad SMARTS) is 1. The number of amides is 7. The zero-order valence-electron chi connectivity index (χ0n) is 54.1. The van der Waals surface area contributed by atoms with Gasteiger partial charge < -0.3 is 102 Å². The van der Waals surface area contributed by atoms with Crippen molar-refractivity contribution < 1.29 is 78.1 Å². The number of aliphatic hydroxyl groups excluding tert-OH is 1. The molecule has 508 valence electrons. The number of rotatable bonds is 33. The van der Waals surface area contributed by atoms with Gasteiger partial charge in [-0.15, -0.1) is 0 Å². The van der Waals surface area contributed by atoms with E-state index in [9.17, 15) is 54.3 Å². The highest BCUT2D eigenvalue weighted by Gasteiger charge is 2.44. The van der Waals surface area contributed by atoms with Crippen molar-refractivity contribution in [3.63, 3.8) is 0 Å². The summed E-state index contributed by atoms with van der Waals surface area (Å²) in [5.41, 5.74) is 3.89. The zero-order chi connectivity index (χ0) is 68.6. The van der Waals surface area contributed by atoms with Crippen LogP contribution >= 0.6 is 0 Å². The standard InChI is InChI=1S/C65H86B2N12O16/c1-37(2)24-51(74-62(86)53(76-59(83)48-15-11-22-70-48)33-69-31-39-18-20-57(95-6)46(26-39)67(92)93)65(89)79-35-42(80)29-55(79)63(87)73-50(27-40-32-71-47-14-9-7-12-43(40)47)61(85)72-49(21-23-68-30-38-17-19-56(94-5)45(25-38)66(90)91)60(84)75-52(64(88)77(3)4)28-41-34-78(36-58(81)82)54-16-10-8-13-44(41)54/h7-10,12-14,16-20,25-26,32,34,37,42,48-53,55,68-71,80,90-93H,11,15,21-24,27-31,33,35-36H2,1-6H3,(H,72,85)(H,73,87)(H,74,86)(H,75,84)(H,76,83)(H,81,82)/t42-,48+,49+,50+,51+,52+,53+,55+/m1/s1. The highest BCUT2D eigenvalue weighted by Crippen LogP contribution is 2.26. The van der Waals surface area contributed by atoms with Gasteiger partial charge in [-0.1, -0.05) is 74.5 Å². The van der Waals surface area contributed by atoms with Crippen LogP contribution < -0.4 is 62.9 Å². The Morgan fingerprint density at radius 1 is 0.695 bits per heavy atom. The van der Waals surface area contributed by atoms with Crippen molar-refractivity contribution in [2.24, 2.45) is 5.92 Å². The third-order valence-corrected chi connectivity index (χ3v) is 17.0. The molecule has 4 heterocycles. The number of aliphatic hydroxyl groups is 1. The second kappa shape index (κ2) is 33.5. The summed E-state index contributed by atoms with van der Waals surface area (Å²) in [6, 6.07) is 15.2. The average Bonchev–Trinajstić information content (AvgIpc) is 1.69. The molecule has 0 saturated carbocycles. The lowest BCUT2D eigenvalue weighted by Gasteiger charge is -2.31. The largest absolute Gasteiger partial charge is 0.497 e. The number of carbonyl (C=O) groups is 8. The van der Waals surface area contributed by atoms with Gasteiger partial charge >= 0.3 is 20.2 Å². The molecule has 0 radical (unpaired) electrons. The highest BCUT2D eigenvalue weighted by atomic mass is 16.5. The molecule has 2 aliphatic heterocycles. The van der Waals surface area contributed by atoms with Crippen LogP contribution in [0.15, 0.2) is 97.3 Å². The summed E-state index contributed by atoms with van der Waals surface area (Å²) in [6.45, 7) is 3.72. The van der Waals surface area contributed by atoms with Crippen molar-refractivity contribution in [2.45, 2.75) is 127 Å². The molecule has 8 rings (SSSR count). The zero-order valence-corrected chi connectivity index (χ0v) is 54.1. The Bertz CT molecular complexity index is 3690. The van der Waals surface area contributed by atoms with Gasteiger partial charge in [-0.05, 0) is 91.2 Å². The molecule has 2 saturated heterocycles. The third kappa shape index (κ3) is 19.0. The molecule has 4 aromatic carbocycles. The maximum Gasteiger partial charge on any atom is 0.492 e. The van der Waals surface area contributed by atoms with Crippen LogP contribution in [0.1, 0.15) is 68.2 Å². The van der Waals surface area contributed by atoms with E-state index in [2.05, 4.69) is 47.5 Å². The lowest BCUT2D eigenvalue weighted by molar-refractivity contribution is -0.143. The van der Waals surface area contributed by atoms with Crippen LogP contribution in [0.3, 0.4) is 0 Å². The van der Waals surface area contributed by atoms with Crippen LogP contribution in [0, 0.1) is 5.92 Å². The minimum absolute atomic E-state index is 0.0456. The Balaban J connectivity index is 1.06. The molecule has 0 aliphatic carbocycles. The number of aromatic nitrogens is 2.